The van der Waals surface area contributed by atoms with Gasteiger partial charge in [0.25, 0.3) is 11.6 Å². The molecule has 0 atom stereocenters. The Kier molecular flexibility index (Phi) is 5.89. The number of benzene rings is 2. The second-order valence-corrected chi connectivity index (χ2v) is 7.27. The highest BCUT2D eigenvalue weighted by Gasteiger charge is 2.24. The number of aryl methyl sites for hydroxylation is 2. The van der Waals surface area contributed by atoms with E-state index in [1.807, 2.05) is 36.9 Å². The fourth-order valence-electron chi connectivity index (χ4n) is 3.19. The highest BCUT2D eigenvalue weighted by atomic mass is 32.1. The van der Waals surface area contributed by atoms with Crippen molar-refractivity contribution in [3.05, 3.63) is 63.2 Å². The third kappa shape index (κ3) is 4.45. The maximum Gasteiger partial charge on any atom is 0.293 e. The summed E-state index contributed by atoms with van der Waals surface area (Å²) in [5.74, 6) is -0.489. The van der Waals surface area contributed by atoms with Gasteiger partial charge < -0.3 is 10.2 Å². The van der Waals surface area contributed by atoms with E-state index < -0.39 is 10.8 Å². The second kappa shape index (κ2) is 8.35. The van der Waals surface area contributed by atoms with Crippen molar-refractivity contribution in [1.82, 2.24) is 5.32 Å². The standard InChI is InChI=1S/C20H22N4O3S/c1-13-5-7-16(11-14(13)2)21-20(28)22-19(25)15-6-8-17(18(12-15)24(26)27)23-9-3-4-10-23/h5-8,11-12H,3-4,9-10H2,1-2H3,(H2,21,22,25,28). The molecule has 1 fully saturated rings. The van der Waals surface area contributed by atoms with Gasteiger partial charge in [-0.1, -0.05) is 6.07 Å². The van der Waals surface area contributed by atoms with Crippen LogP contribution in [0.25, 0.3) is 0 Å². The van der Waals surface area contributed by atoms with Gasteiger partial charge in [0.05, 0.1) is 4.92 Å². The van der Waals surface area contributed by atoms with E-state index in [4.69, 9.17) is 12.2 Å². The number of carbonyl (C=O) groups is 1. The molecule has 2 N–H and O–H groups in total. The number of nitrogens with one attached hydrogen (secondary N) is 2. The largest absolute Gasteiger partial charge is 0.366 e. The molecule has 0 unspecified atom stereocenters. The number of nitro benzene ring substituents is 1. The van der Waals surface area contributed by atoms with Gasteiger partial charge in [-0.05, 0) is 74.3 Å². The summed E-state index contributed by atoms with van der Waals surface area (Å²) < 4.78 is 0. The minimum atomic E-state index is -0.489. The lowest BCUT2D eigenvalue weighted by Gasteiger charge is -2.18. The van der Waals surface area contributed by atoms with Crippen LogP contribution in [0.5, 0.6) is 0 Å². The van der Waals surface area contributed by atoms with E-state index in [2.05, 4.69) is 10.6 Å². The SMILES string of the molecule is Cc1ccc(NC(=S)NC(=O)c2ccc(N3CCCC3)c([N+](=O)[O-])c2)cc1C. The summed E-state index contributed by atoms with van der Waals surface area (Å²) in [6.45, 7) is 5.58. The Hall–Kier alpha value is -3.00. The fraction of sp³-hybridized carbons (Fsp3) is 0.300. The van der Waals surface area contributed by atoms with Crippen LogP contribution in [0.15, 0.2) is 36.4 Å². The summed E-state index contributed by atoms with van der Waals surface area (Å²) in [6, 6.07) is 10.3. The zero-order valence-electron chi connectivity index (χ0n) is 15.8. The molecule has 0 aliphatic carbocycles. The van der Waals surface area contributed by atoms with Crippen LogP contribution >= 0.6 is 12.2 Å². The van der Waals surface area contributed by atoms with Crippen LogP contribution in [0, 0.1) is 24.0 Å². The monoisotopic (exact) mass is 398 g/mol. The third-order valence-electron chi connectivity index (χ3n) is 4.87. The Bertz CT molecular complexity index is 939. The molecule has 2 aromatic rings. The van der Waals surface area contributed by atoms with Crippen molar-refractivity contribution in [1.29, 1.82) is 0 Å². The van der Waals surface area contributed by atoms with Crippen molar-refractivity contribution in [2.24, 2.45) is 0 Å². The molecule has 1 aliphatic rings. The first-order valence-corrected chi connectivity index (χ1v) is 9.49. The number of hydrogen-bond acceptors (Lipinski definition) is 5. The minimum Gasteiger partial charge on any atom is -0.366 e. The number of hydrogen-bond donors (Lipinski definition) is 2. The third-order valence-corrected chi connectivity index (χ3v) is 5.08. The predicted molar refractivity (Wildman–Crippen MR) is 114 cm³/mol. The predicted octanol–water partition coefficient (Wildman–Crippen LogP) is 3.94. The van der Waals surface area contributed by atoms with Gasteiger partial charge in [0, 0.05) is 30.4 Å². The summed E-state index contributed by atoms with van der Waals surface area (Å²) in [5, 5.41) is 17.2. The van der Waals surface area contributed by atoms with Crippen molar-refractivity contribution in [2.75, 3.05) is 23.3 Å². The first-order valence-electron chi connectivity index (χ1n) is 9.08. The fourth-order valence-corrected chi connectivity index (χ4v) is 3.40. The van der Waals surface area contributed by atoms with Gasteiger partial charge in [0.2, 0.25) is 0 Å². The Morgan fingerprint density at radius 3 is 2.46 bits per heavy atom. The summed E-state index contributed by atoms with van der Waals surface area (Å²) >= 11 is 5.20. The lowest BCUT2D eigenvalue weighted by atomic mass is 10.1. The topological polar surface area (TPSA) is 87.5 Å². The van der Waals surface area contributed by atoms with Gasteiger partial charge in [-0.25, -0.2) is 0 Å². The molecule has 7 nitrogen and oxygen atoms in total. The van der Waals surface area contributed by atoms with Gasteiger partial charge in [-0.3, -0.25) is 20.2 Å². The highest BCUT2D eigenvalue weighted by Crippen LogP contribution is 2.31. The number of nitro groups is 1. The molecule has 0 bridgehead atoms. The molecule has 0 aromatic heterocycles. The molecule has 0 radical (unpaired) electrons. The van der Waals surface area contributed by atoms with Crippen LogP contribution in [-0.2, 0) is 0 Å². The molecule has 1 heterocycles. The van der Waals surface area contributed by atoms with E-state index >= 15 is 0 Å². The van der Waals surface area contributed by atoms with Crippen molar-refractivity contribution in [3.63, 3.8) is 0 Å². The molecule has 28 heavy (non-hydrogen) atoms. The van der Waals surface area contributed by atoms with Gasteiger partial charge >= 0.3 is 0 Å². The van der Waals surface area contributed by atoms with E-state index in [1.54, 1.807) is 12.1 Å². The quantitative estimate of drug-likeness (QED) is 0.461. The number of rotatable bonds is 4. The van der Waals surface area contributed by atoms with Crippen molar-refractivity contribution in [2.45, 2.75) is 26.7 Å². The van der Waals surface area contributed by atoms with Crippen LogP contribution in [0.1, 0.15) is 34.3 Å². The van der Waals surface area contributed by atoms with Crippen molar-refractivity contribution < 1.29 is 9.72 Å². The molecule has 1 aliphatic heterocycles. The second-order valence-electron chi connectivity index (χ2n) is 6.86. The number of nitrogens with zero attached hydrogens (tertiary/aromatic N) is 2. The molecular weight excluding hydrogens is 376 g/mol. The summed E-state index contributed by atoms with van der Waals surface area (Å²) in [6.07, 6.45) is 2.02. The molecular formula is C20H22N4O3S. The Morgan fingerprint density at radius 1 is 1.11 bits per heavy atom. The van der Waals surface area contributed by atoms with E-state index in [0.717, 1.165) is 42.7 Å². The number of thiocarbonyl (C=S) groups is 1. The summed E-state index contributed by atoms with van der Waals surface area (Å²) in [7, 11) is 0. The van der Waals surface area contributed by atoms with E-state index in [0.29, 0.717) is 5.69 Å². The molecule has 3 rings (SSSR count). The van der Waals surface area contributed by atoms with Gasteiger partial charge in [0.15, 0.2) is 5.11 Å². The van der Waals surface area contributed by atoms with Crippen molar-refractivity contribution >= 4 is 40.3 Å². The molecule has 146 valence electrons. The van der Waals surface area contributed by atoms with E-state index in [9.17, 15) is 14.9 Å². The molecule has 1 amide bonds. The average Bonchev–Trinajstić information content (AvgIpc) is 3.18. The maximum absolute atomic E-state index is 12.5. The zero-order valence-corrected chi connectivity index (χ0v) is 16.6. The lowest BCUT2D eigenvalue weighted by Crippen LogP contribution is -2.34. The Labute approximate surface area is 168 Å². The molecule has 0 saturated carbocycles. The lowest BCUT2D eigenvalue weighted by molar-refractivity contribution is -0.384. The summed E-state index contributed by atoms with van der Waals surface area (Å²) in [5.41, 5.74) is 3.71. The molecule has 1 saturated heterocycles. The maximum atomic E-state index is 12.5. The van der Waals surface area contributed by atoms with Gasteiger partial charge in [-0.2, -0.15) is 0 Å². The number of amides is 1. The van der Waals surface area contributed by atoms with Crippen LogP contribution in [0.4, 0.5) is 17.1 Å². The zero-order chi connectivity index (χ0) is 20.3. The molecule has 0 spiro atoms. The first-order chi connectivity index (χ1) is 13.3. The first kappa shape index (κ1) is 19.8. The Balaban J connectivity index is 1.72. The van der Waals surface area contributed by atoms with Crippen LogP contribution in [0.2, 0.25) is 0 Å². The normalized spacial score (nSPS) is 13.3. The van der Waals surface area contributed by atoms with Crippen LogP contribution in [0.3, 0.4) is 0 Å². The van der Waals surface area contributed by atoms with Crippen LogP contribution < -0.4 is 15.5 Å². The van der Waals surface area contributed by atoms with Gasteiger partial charge in [-0.15, -0.1) is 0 Å². The smallest absolute Gasteiger partial charge is 0.293 e. The highest BCUT2D eigenvalue weighted by molar-refractivity contribution is 7.80. The van der Waals surface area contributed by atoms with E-state index in [-0.39, 0.29) is 16.4 Å². The van der Waals surface area contributed by atoms with Gasteiger partial charge in [0.1, 0.15) is 5.69 Å². The van der Waals surface area contributed by atoms with Crippen LogP contribution in [-0.4, -0.2) is 29.0 Å². The average molecular weight is 398 g/mol. The Morgan fingerprint density at radius 2 is 1.82 bits per heavy atom. The summed E-state index contributed by atoms with van der Waals surface area (Å²) in [4.78, 5) is 25.5. The molecule has 8 heteroatoms. The molecule has 2 aromatic carbocycles. The number of anilines is 2. The number of carbonyl (C=O) groups excluding carboxylic acids is 1. The minimum absolute atomic E-state index is 0.0670. The van der Waals surface area contributed by atoms with E-state index in [1.165, 1.54) is 6.07 Å². The van der Waals surface area contributed by atoms with Crippen molar-refractivity contribution in [3.8, 4) is 0 Å².